The van der Waals surface area contributed by atoms with Crippen LogP contribution in [-0.2, 0) is 16.1 Å². The van der Waals surface area contributed by atoms with Crippen molar-refractivity contribution in [1.82, 2.24) is 5.32 Å². The Bertz CT molecular complexity index is 392. The Balaban J connectivity index is 2.39. The monoisotopic (exact) mass is 250 g/mol. The minimum absolute atomic E-state index is 0.358. The third-order valence-corrected chi connectivity index (χ3v) is 2.40. The van der Waals surface area contributed by atoms with Gasteiger partial charge in [-0.2, -0.15) is 0 Å². The van der Waals surface area contributed by atoms with Crippen LogP contribution >= 0.6 is 0 Å². The average molecular weight is 250 g/mol. The number of hydrogen-bond donors (Lipinski definition) is 2. The highest BCUT2D eigenvalue weighted by Gasteiger charge is 2.18. The lowest BCUT2D eigenvalue weighted by Gasteiger charge is -2.14. The van der Waals surface area contributed by atoms with Gasteiger partial charge in [-0.1, -0.05) is 43.7 Å². The third kappa shape index (κ3) is 4.86. The first kappa shape index (κ1) is 14.0. The van der Waals surface area contributed by atoms with Crippen LogP contribution in [0.5, 0.6) is 0 Å². The lowest BCUT2D eigenvalue weighted by atomic mass is 10.2. The lowest BCUT2D eigenvalue weighted by molar-refractivity contribution is -0.126. The van der Waals surface area contributed by atoms with E-state index >= 15 is 0 Å². The zero-order chi connectivity index (χ0) is 13.4. The SMILES string of the molecule is CCCC(OC(=O)NCc1ccccc1)C(N)=O. The van der Waals surface area contributed by atoms with Gasteiger partial charge in [0.05, 0.1) is 0 Å². The fourth-order valence-electron chi connectivity index (χ4n) is 1.46. The normalized spacial score (nSPS) is 11.6. The molecule has 1 aromatic rings. The Morgan fingerprint density at radius 2 is 2.00 bits per heavy atom. The second kappa shape index (κ2) is 7.32. The maximum Gasteiger partial charge on any atom is 0.408 e. The summed E-state index contributed by atoms with van der Waals surface area (Å²) >= 11 is 0. The van der Waals surface area contributed by atoms with Gasteiger partial charge in [-0.05, 0) is 12.0 Å². The molecule has 1 unspecified atom stereocenters. The Kier molecular flexibility index (Phi) is 5.70. The van der Waals surface area contributed by atoms with E-state index in [4.69, 9.17) is 10.5 Å². The van der Waals surface area contributed by atoms with Crippen LogP contribution in [0.1, 0.15) is 25.3 Å². The molecule has 3 N–H and O–H groups in total. The Labute approximate surface area is 106 Å². The Hall–Kier alpha value is -2.04. The highest BCUT2D eigenvalue weighted by atomic mass is 16.6. The second-order valence-corrected chi connectivity index (χ2v) is 3.92. The van der Waals surface area contributed by atoms with E-state index in [2.05, 4.69) is 5.32 Å². The van der Waals surface area contributed by atoms with E-state index in [9.17, 15) is 9.59 Å². The summed E-state index contributed by atoms with van der Waals surface area (Å²) in [7, 11) is 0. The number of benzene rings is 1. The van der Waals surface area contributed by atoms with Gasteiger partial charge in [-0.3, -0.25) is 4.79 Å². The van der Waals surface area contributed by atoms with Crippen molar-refractivity contribution in [1.29, 1.82) is 0 Å². The van der Waals surface area contributed by atoms with Crippen LogP contribution in [-0.4, -0.2) is 18.1 Å². The molecule has 0 aliphatic carbocycles. The van der Waals surface area contributed by atoms with Crippen LogP contribution in [0.15, 0.2) is 30.3 Å². The third-order valence-electron chi connectivity index (χ3n) is 2.40. The van der Waals surface area contributed by atoms with E-state index in [1.54, 1.807) is 0 Å². The van der Waals surface area contributed by atoms with Gasteiger partial charge in [0.1, 0.15) is 0 Å². The molecule has 0 saturated heterocycles. The summed E-state index contributed by atoms with van der Waals surface area (Å²) in [6, 6.07) is 9.43. The van der Waals surface area contributed by atoms with Crippen LogP contribution in [0.4, 0.5) is 4.79 Å². The van der Waals surface area contributed by atoms with Gasteiger partial charge in [0, 0.05) is 6.54 Å². The van der Waals surface area contributed by atoms with Crippen molar-refractivity contribution >= 4 is 12.0 Å². The summed E-state index contributed by atoms with van der Waals surface area (Å²) < 4.78 is 4.95. The molecule has 0 radical (unpaired) electrons. The molecule has 5 nitrogen and oxygen atoms in total. The molecule has 0 fully saturated rings. The summed E-state index contributed by atoms with van der Waals surface area (Å²) in [5.41, 5.74) is 6.09. The molecule has 0 heterocycles. The summed E-state index contributed by atoms with van der Waals surface area (Å²) in [5.74, 6) is -0.619. The van der Waals surface area contributed by atoms with Gasteiger partial charge in [-0.15, -0.1) is 0 Å². The number of primary amides is 1. The van der Waals surface area contributed by atoms with E-state index in [1.807, 2.05) is 37.3 Å². The molecule has 98 valence electrons. The number of ether oxygens (including phenoxy) is 1. The topological polar surface area (TPSA) is 81.4 Å². The number of nitrogens with two attached hydrogens (primary N) is 1. The number of nitrogens with one attached hydrogen (secondary N) is 1. The number of carbonyl (C=O) groups is 2. The quantitative estimate of drug-likeness (QED) is 0.804. The fraction of sp³-hybridized carbons (Fsp3) is 0.385. The van der Waals surface area contributed by atoms with Gasteiger partial charge in [0.25, 0.3) is 5.91 Å². The molecule has 5 heteroatoms. The molecule has 1 rings (SSSR count). The maximum atomic E-state index is 11.5. The first-order valence-electron chi connectivity index (χ1n) is 5.91. The van der Waals surface area contributed by atoms with Crippen molar-refractivity contribution < 1.29 is 14.3 Å². The number of alkyl carbamates (subject to hydrolysis) is 1. The minimum Gasteiger partial charge on any atom is -0.436 e. The number of carbonyl (C=O) groups excluding carboxylic acids is 2. The standard InChI is InChI=1S/C13H18N2O3/c1-2-6-11(12(14)16)18-13(17)15-9-10-7-4-3-5-8-10/h3-5,7-8,11H,2,6,9H2,1H3,(H2,14,16)(H,15,17). The first-order valence-corrected chi connectivity index (χ1v) is 5.91. The number of hydrogen-bond acceptors (Lipinski definition) is 3. The highest BCUT2D eigenvalue weighted by Crippen LogP contribution is 2.03. The zero-order valence-electron chi connectivity index (χ0n) is 10.4. The van der Waals surface area contributed by atoms with Crippen molar-refractivity contribution in [3.8, 4) is 0 Å². The number of amides is 2. The minimum atomic E-state index is -0.856. The van der Waals surface area contributed by atoms with Gasteiger partial charge >= 0.3 is 6.09 Å². The highest BCUT2D eigenvalue weighted by molar-refractivity contribution is 5.81. The van der Waals surface area contributed by atoms with Crippen LogP contribution in [0.25, 0.3) is 0 Å². The van der Waals surface area contributed by atoms with E-state index in [0.29, 0.717) is 13.0 Å². The van der Waals surface area contributed by atoms with Crippen LogP contribution in [0.3, 0.4) is 0 Å². The van der Waals surface area contributed by atoms with Gasteiger partial charge < -0.3 is 15.8 Å². The van der Waals surface area contributed by atoms with Crippen LogP contribution < -0.4 is 11.1 Å². The van der Waals surface area contributed by atoms with Crippen molar-refractivity contribution in [3.05, 3.63) is 35.9 Å². The molecule has 2 amide bonds. The Morgan fingerprint density at radius 3 is 2.56 bits per heavy atom. The predicted molar refractivity (Wildman–Crippen MR) is 67.7 cm³/mol. The molecule has 0 aliphatic rings. The summed E-state index contributed by atoms with van der Waals surface area (Å²) in [4.78, 5) is 22.5. The molecular formula is C13H18N2O3. The molecule has 0 bridgehead atoms. The molecule has 1 aromatic carbocycles. The average Bonchev–Trinajstić information content (AvgIpc) is 2.37. The maximum absolute atomic E-state index is 11.5. The van der Waals surface area contributed by atoms with E-state index in [1.165, 1.54) is 0 Å². The van der Waals surface area contributed by atoms with Crippen molar-refractivity contribution in [2.75, 3.05) is 0 Å². The molecule has 0 aliphatic heterocycles. The van der Waals surface area contributed by atoms with E-state index in [0.717, 1.165) is 12.0 Å². The van der Waals surface area contributed by atoms with Gasteiger partial charge in [0.15, 0.2) is 6.10 Å². The molecular weight excluding hydrogens is 232 g/mol. The first-order chi connectivity index (χ1) is 8.63. The summed E-state index contributed by atoms with van der Waals surface area (Å²) in [5, 5.41) is 2.57. The fourth-order valence-corrected chi connectivity index (χ4v) is 1.46. The number of rotatable bonds is 6. The smallest absolute Gasteiger partial charge is 0.408 e. The Morgan fingerprint density at radius 1 is 1.33 bits per heavy atom. The largest absolute Gasteiger partial charge is 0.436 e. The van der Waals surface area contributed by atoms with Crippen molar-refractivity contribution in [2.45, 2.75) is 32.4 Å². The zero-order valence-corrected chi connectivity index (χ0v) is 10.4. The van der Waals surface area contributed by atoms with Gasteiger partial charge in [-0.25, -0.2) is 4.79 Å². The molecule has 0 spiro atoms. The van der Waals surface area contributed by atoms with E-state index < -0.39 is 18.1 Å². The second-order valence-electron chi connectivity index (χ2n) is 3.92. The van der Waals surface area contributed by atoms with E-state index in [-0.39, 0.29) is 0 Å². The van der Waals surface area contributed by atoms with Crippen LogP contribution in [0.2, 0.25) is 0 Å². The lowest BCUT2D eigenvalue weighted by Crippen LogP contribution is -2.36. The summed E-state index contributed by atoms with van der Waals surface area (Å²) in [6.07, 6.45) is -0.324. The molecule has 0 aromatic heterocycles. The van der Waals surface area contributed by atoms with Crippen molar-refractivity contribution in [2.24, 2.45) is 5.73 Å². The molecule has 18 heavy (non-hydrogen) atoms. The van der Waals surface area contributed by atoms with Gasteiger partial charge in [0.2, 0.25) is 0 Å². The van der Waals surface area contributed by atoms with Crippen LogP contribution in [0, 0.1) is 0 Å². The summed E-state index contributed by atoms with van der Waals surface area (Å²) in [6.45, 7) is 2.25. The molecule has 0 saturated carbocycles. The predicted octanol–water partition coefficient (Wildman–Crippen LogP) is 1.57. The van der Waals surface area contributed by atoms with Crippen molar-refractivity contribution in [3.63, 3.8) is 0 Å². The molecule has 1 atom stereocenters.